The summed E-state index contributed by atoms with van der Waals surface area (Å²) in [4.78, 5) is 0. The molecule has 0 N–H and O–H groups in total. The molecule has 3 nitrogen and oxygen atoms in total. The van der Waals surface area contributed by atoms with E-state index < -0.39 is 0 Å². The molecule has 2 aromatic rings. The average molecular weight is 191 g/mol. The Kier molecular flexibility index (Phi) is 2.26. The fourth-order valence-corrected chi connectivity index (χ4v) is 1.27. The zero-order chi connectivity index (χ0) is 9.97. The van der Waals surface area contributed by atoms with E-state index in [0.717, 1.165) is 11.3 Å². The Morgan fingerprint density at radius 2 is 2.29 bits per heavy atom. The van der Waals surface area contributed by atoms with Crippen LogP contribution in [0.5, 0.6) is 0 Å². The minimum Gasteiger partial charge on any atom is -0.245 e. The molecule has 4 heteroatoms. The molecule has 1 heterocycles. The third-order valence-corrected chi connectivity index (χ3v) is 2.03. The van der Waals surface area contributed by atoms with Crippen LogP contribution in [0.4, 0.5) is 4.39 Å². The summed E-state index contributed by atoms with van der Waals surface area (Å²) < 4.78 is 14.6. The molecule has 1 aromatic carbocycles. The highest BCUT2D eigenvalue weighted by atomic mass is 19.1. The summed E-state index contributed by atoms with van der Waals surface area (Å²) in [7, 11) is 0. The molecule has 0 aliphatic rings. The maximum absolute atomic E-state index is 12.9. The van der Waals surface area contributed by atoms with Crippen LogP contribution in [-0.2, 0) is 6.54 Å². The first-order chi connectivity index (χ1) is 6.75. The Balaban J connectivity index is 2.23. The summed E-state index contributed by atoms with van der Waals surface area (Å²) in [6.45, 7) is 2.48. The molecular weight excluding hydrogens is 181 g/mol. The first kappa shape index (κ1) is 8.87. The van der Waals surface area contributed by atoms with Crippen LogP contribution in [0, 0.1) is 12.7 Å². The number of aromatic nitrogens is 3. The van der Waals surface area contributed by atoms with Gasteiger partial charge < -0.3 is 0 Å². The topological polar surface area (TPSA) is 30.7 Å². The number of rotatable bonds is 2. The van der Waals surface area contributed by atoms with Crippen molar-refractivity contribution in [2.24, 2.45) is 0 Å². The summed E-state index contributed by atoms with van der Waals surface area (Å²) in [6.07, 6.45) is 1.68. The summed E-state index contributed by atoms with van der Waals surface area (Å²) in [5, 5.41) is 7.64. The van der Waals surface area contributed by atoms with E-state index in [1.807, 2.05) is 13.0 Å². The second kappa shape index (κ2) is 3.57. The van der Waals surface area contributed by atoms with E-state index in [1.54, 1.807) is 16.9 Å². The minimum atomic E-state index is -0.222. The second-order valence-corrected chi connectivity index (χ2v) is 3.16. The van der Waals surface area contributed by atoms with E-state index in [0.29, 0.717) is 6.54 Å². The van der Waals surface area contributed by atoms with Gasteiger partial charge >= 0.3 is 0 Å². The van der Waals surface area contributed by atoms with Crippen LogP contribution >= 0.6 is 0 Å². The molecule has 0 saturated carbocycles. The maximum Gasteiger partial charge on any atom is 0.123 e. The standard InChI is InChI=1S/C10H10FN3/c1-8-6-12-13-14(8)7-9-3-2-4-10(11)5-9/h2-6H,7H2,1H3. The van der Waals surface area contributed by atoms with Gasteiger partial charge in [-0.15, -0.1) is 5.10 Å². The second-order valence-electron chi connectivity index (χ2n) is 3.16. The monoisotopic (exact) mass is 191 g/mol. The number of hydrogen-bond donors (Lipinski definition) is 0. The van der Waals surface area contributed by atoms with E-state index in [-0.39, 0.29) is 5.82 Å². The summed E-state index contributed by atoms with van der Waals surface area (Å²) in [5.74, 6) is -0.222. The predicted molar refractivity (Wildman–Crippen MR) is 50.3 cm³/mol. The molecule has 1 aromatic heterocycles. The van der Waals surface area contributed by atoms with Crippen LogP contribution in [0.1, 0.15) is 11.3 Å². The molecule has 0 fully saturated rings. The van der Waals surface area contributed by atoms with Gasteiger partial charge in [-0.3, -0.25) is 0 Å². The fraction of sp³-hybridized carbons (Fsp3) is 0.200. The number of aryl methyl sites for hydroxylation is 1. The van der Waals surface area contributed by atoms with Gasteiger partial charge in [-0.1, -0.05) is 17.3 Å². The van der Waals surface area contributed by atoms with E-state index in [9.17, 15) is 4.39 Å². The van der Waals surface area contributed by atoms with Gasteiger partial charge in [-0.25, -0.2) is 9.07 Å². The van der Waals surface area contributed by atoms with Crippen LogP contribution in [-0.4, -0.2) is 15.0 Å². The largest absolute Gasteiger partial charge is 0.245 e. The molecule has 0 aliphatic carbocycles. The molecule has 0 saturated heterocycles. The molecule has 2 rings (SSSR count). The van der Waals surface area contributed by atoms with E-state index >= 15 is 0 Å². The van der Waals surface area contributed by atoms with Gasteiger partial charge in [0, 0.05) is 0 Å². The molecule has 0 spiro atoms. The van der Waals surface area contributed by atoms with Gasteiger partial charge in [0.05, 0.1) is 18.4 Å². The van der Waals surface area contributed by atoms with Gasteiger partial charge in [0.1, 0.15) is 5.82 Å². The van der Waals surface area contributed by atoms with Crippen molar-refractivity contribution in [1.82, 2.24) is 15.0 Å². The van der Waals surface area contributed by atoms with Crippen LogP contribution in [0.2, 0.25) is 0 Å². The predicted octanol–water partition coefficient (Wildman–Crippen LogP) is 1.77. The molecular formula is C10H10FN3. The fourth-order valence-electron chi connectivity index (χ4n) is 1.27. The highest BCUT2D eigenvalue weighted by Crippen LogP contribution is 2.06. The van der Waals surface area contributed by atoms with Gasteiger partial charge in [-0.05, 0) is 24.6 Å². The van der Waals surface area contributed by atoms with Crippen molar-refractivity contribution in [2.75, 3.05) is 0 Å². The zero-order valence-electron chi connectivity index (χ0n) is 7.81. The van der Waals surface area contributed by atoms with E-state index in [2.05, 4.69) is 10.3 Å². The lowest BCUT2D eigenvalue weighted by atomic mass is 10.2. The quantitative estimate of drug-likeness (QED) is 0.724. The van der Waals surface area contributed by atoms with Gasteiger partial charge in [0.2, 0.25) is 0 Å². The highest BCUT2D eigenvalue weighted by Gasteiger charge is 2.00. The van der Waals surface area contributed by atoms with Crippen LogP contribution in [0.15, 0.2) is 30.5 Å². The molecule has 14 heavy (non-hydrogen) atoms. The Morgan fingerprint density at radius 3 is 2.93 bits per heavy atom. The van der Waals surface area contributed by atoms with Crippen molar-refractivity contribution >= 4 is 0 Å². The van der Waals surface area contributed by atoms with Gasteiger partial charge in [-0.2, -0.15) is 0 Å². The molecule has 0 bridgehead atoms. The Labute approximate surface area is 81.2 Å². The van der Waals surface area contributed by atoms with Gasteiger partial charge in [0.15, 0.2) is 0 Å². The molecule has 0 amide bonds. The van der Waals surface area contributed by atoms with Crippen molar-refractivity contribution in [1.29, 1.82) is 0 Å². The lowest BCUT2D eigenvalue weighted by Gasteiger charge is -2.02. The van der Waals surface area contributed by atoms with Gasteiger partial charge in [0.25, 0.3) is 0 Å². The van der Waals surface area contributed by atoms with Crippen molar-refractivity contribution < 1.29 is 4.39 Å². The third kappa shape index (κ3) is 1.79. The normalized spacial score (nSPS) is 10.4. The Morgan fingerprint density at radius 1 is 1.43 bits per heavy atom. The van der Waals surface area contributed by atoms with Crippen molar-refractivity contribution in [3.8, 4) is 0 Å². The number of nitrogens with zero attached hydrogens (tertiary/aromatic N) is 3. The lowest BCUT2D eigenvalue weighted by molar-refractivity contribution is 0.609. The molecule has 0 atom stereocenters. The maximum atomic E-state index is 12.9. The third-order valence-electron chi connectivity index (χ3n) is 2.03. The molecule has 0 radical (unpaired) electrons. The number of hydrogen-bond acceptors (Lipinski definition) is 2. The molecule has 72 valence electrons. The van der Waals surface area contributed by atoms with Crippen LogP contribution in [0.3, 0.4) is 0 Å². The number of benzene rings is 1. The Bertz CT molecular complexity index is 436. The summed E-state index contributed by atoms with van der Waals surface area (Å²) in [5.41, 5.74) is 1.85. The zero-order valence-corrected chi connectivity index (χ0v) is 7.81. The van der Waals surface area contributed by atoms with Crippen LogP contribution in [0.25, 0.3) is 0 Å². The van der Waals surface area contributed by atoms with Crippen molar-refractivity contribution in [3.63, 3.8) is 0 Å². The Hall–Kier alpha value is -1.71. The highest BCUT2D eigenvalue weighted by molar-refractivity contribution is 5.16. The summed E-state index contributed by atoms with van der Waals surface area (Å²) >= 11 is 0. The molecule has 0 unspecified atom stereocenters. The van der Waals surface area contributed by atoms with Crippen molar-refractivity contribution in [3.05, 3.63) is 47.5 Å². The SMILES string of the molecule is Cc1cnnn1Cc1cccc(F)c1. The van der Waals surface area contributed by atoms with E-state index in [4.69, 9.17) is 0 Å². The first-order valence-electron chi connectivity index (χ1n) is 4.35. The number of halogens is 1. The molecule has 0 aliphatic heterocycles. The smallest absolute Gasteiger partial charge is 0.123 e. The average Bonchev–Trinajstić information content (AvgIpc) is 2.52. The lowest BCUT2D eigenvalue weighted by Crippen LogP contribution is -2.03. The van der Waals surface area contributed by atoms with Crippen LogP contribution < -0.4 is 0 Å². The van der Waals surface area contributed by atoms with Crippen molar-refractivity contribution in [2.45, 2.75) is 13.5 Å². The first-order valence-corrected chi connectivity index (χ1v) is 4.35. The van der Waals surface area contributed by atoms with E-state index in [1.165, 1.54) is 12.1 Å². The summed E-state index contributed by atoms with van der Waals surface area (Å²) in [6, 6.07) is 6.49. The minimum absolute atomic E-state index is 0.222.